The van der Waals surface area contributed by atoms with E-state index in [1.807, 2.05) is 24.3 Å². The Kier molecular flexibility index (Phi) is 10.8. The Hall–Kier alpha value is -4.54. The average Bonchev–Trinajstić information content (AvgIpc) is 3.08. The molecule has 0 saturated heterocycles. The lowest BCUT2D eigenvalue weighted by atomic mass is 9.93. The number of carboxylic acids is 1. The minimum atomic E-state index is -0.981. The second-order valence-electron chi connectivity index (χ2n) is 12.2. The molecule has 4 heteroatoms. The van der Waals surface area contributed by atoms with Crippen molar-refractivity contribution >= 4 is 23.3 Å². The van der Waals surface area contributed by atoms with Crippen molar-refractivity contribution < 1.29 is 14.6 Å². The third-order valence-electron chi connectivity index (χ3n) is 8.23. The molecule has 234 valence electrons. The lowest BCUT2D eigenvalue weighted by Gasteiger charge is -2.13. The molecule has 5 aromatic carbocycles. The number of ether oxygens (including phenoxy) is 1. The first-order chi connectivity index (χ1) is 22.2. The lowest BCUT2D eigenvalue weighted by molar-refractivity contribution is -0.144. The van der Waals surface area contributed by atoms with E-state index in [-0.39, 0.29) is 0 Å². The third-order valence-corrected chi connectivity index (χ3v) is 9.17. The van der Waals surface area contributed by atoms with Crippen molar-refractivity contribution in [1.29, 1.82) is 0 Å². The fraction of sp³-hybridized carbons (Fsp3) is 0.214. The van der Waals surface area contributed by atoms with Crippen LogP contribution >= 0.6 is 11.8 Å². The first-order valence-electron chi connectivity index (χ1n) is 15.9. The Morgan fingerprint density at radius 1 is 0.609 bits per heavy atom. The van der Waals surface area contributed by atoms with Crippen LogP contribution in [0.3, 0.4) is 0 Å². The second-order valence-corrected chi connectivity index (χ2v) is 13.3. The molecule has 0 aliphatic heterocycles. The van der Waals surface area contributed by atoms with Gasteiger partial charge in [0, 0.05) is 10.6 Å². The second kappa shape index (κ2) is 15.2. The van der Waals surface area contributed by atoms with Gasteiger partial charge in [0.15, 0.2) is 6.10 Å². The van der Waals surface area contributed by atoms with E-state index in [4.69, 9.17) is 9.84 Å². The summed E-state index contributed by atoms with van der Waals surface area (Å²) in [5, 5.41) is 9.12. The van der Waals surface area contributed by atoms with Crippen LogP contribution < -0.4 is 4.74 Å². The van der Waals surface area contributed by atoms with Crippen molar-refractivity contribution in [2.24, 2.45) is 0 Å². The molecule has 0 fully saturated rings. The molecule has 5 aromatic rings. The van der Waals surface area contributed by atoms with Gasteiger partial charge in [0.05, 0.1) is 0 Å². The topological polar surface area (TPSA) is 46.5 Å². The minimum absolute atomic E-state index is 0.514. The van der Waals surface area contributed by atoms with E-state index in [2.05, 4.69) is 131 Å². The van der Waals surface area contributed by atoms with Crippen LogP contribution in [0.15, 0.2) is 132 Å². The first-order valence-corrected chi connectivity index (χ1v) is 16.9. The van der Waals surface area contributed by atoms with Crippen LogP contribution in [0.5, 0.6) is 5.75 Å². The number of hydrogen-bond donors (Lipinski definition) is 1. The molecule has 0 spiro atoms. The minimum Gasteiger partial charge on any atom is -0.479 e. The number of carbonyl (C=O) groups is 1. The predicted molar refractivity (Wildman–Crippen MR) is 194 cm³/mol. The zero-order chi connectivity index (χ0) is 32.6. The predicted octanol–water partition coefficient (Wildman–Crippen LogP) is 11.3. The number of thioether (sulfide) groups is 1. The van der Waals surface area contributed by atoms with Crippen molar-refractivity contribution in [3.8, 4) is 28.0 Å². The Balaban J connectivity index is 1.38. The zero-order valence-corrected chi connectivity index (χ0v) is 28.1. The van der Waals surface area contributed by atoms with Gasteiger partial charge in [0.1, 0.15) is 5.75 Å². The van der Waals surface area contributed by atoms with E-state index in [9.17, 15) is 4.79 Å². The van der Waals surface area contributed by atoms with Gasteiger partial charge in [-0.15, -0.1) is 11.8 Å². The highest BCUT2D eigenvalue weighted by molar-refractivity contribution is 7.99. The molecule has 0 heterocycles. The van der Waals surface area contributed by atoms with Crippen LogP contribution in [0.4, 0.5) is 0 Å². The van der Waals surface area contributed by atoms with E-state index < -0.39 is 12.1 Å². The largest absolute Gasteiger partial charge is 0.479 e. The van der Waals surface area contributed by atoms with Crippen molar-refractivity contribution in [2.75, 3.05) is 5.75 Å². The molecule has 0 aliphatic rings. The molecule has 1 unspecified atom stereocenters. The van der Waals surface area contributed by atoms with Crippen LogP contribution in [0.25, 0.3) is 27.8 Å². The summed E-state index contributed by atoms with van der Waals surface area (Å²) in [5.74, 6) is 1.37. The highest BCUT2D eigenvalue weighted by Gasteiger charge is 2.12. The molecule has 3 nitrogen and oxygen atoms in total. The fourth-order valence-corrected chi connectivity index (χ4v) is 6.07. The number of rotatable bonds is 12. The van der Waals surface area contributed by atoms with E-state index in [0.717, 1.165) is 10.6 Å². The molecule has 1 N–H and O–H groups in total. The van der Waals surface area contributed by atoms with Crippen molar-refractivity contribution in [1.82, 2.24) is 0 Å². The summed E-state index contributed by atoms with van der Waals surface area (Å²) in [6.45, 7) is 10.4. The van der Waals surface area contributed by atoms with Crippen LogP contribution in [-0.2, 0) is 4.79 Å². The summed E-state index contributed by atoms with van der Waals surface area (Å²) in [6, 6.07) is 43.0. The third kappa shape index (κ3) is 8.38. The van der Waals surface area contributed by atoms with Crippen LogP contribution in [0, 0.1) is 0 Å². The number of benzene rings is 5. The molecule has 0 aliphatic carbocycles. The Labute approximate surface area is 278 Å². The fourth-order valence-electron chi connectivity index (χ4n) is 5.30. The molecule has 0 radical (unpaired) electrons. The number of aliphatic carboxylic acids is 1. The van der Waals surface area contributed by atoms with Gasteiger partial charge in [0.2, 0.25) is 0 Å². The van der Waals surface area contributed by atoms with Crippen LogP contribution in [-0.4, -0.2) is 22.9 Å². The van der Waals surface area contributed by atoms with Crippen molar-refractivity contribution in [3.63, 3.8) is 0 Å². The Morgan fingerprint density at radius 3 is 1.37 bits per heavy atom. The van der Waals surface area contributed by atoms with Gasteiger partial charge in [-0.05, 0) is 93.1 Å². The monoisotopic (exact) mass is 626 g/mol. The molecule has 5 rings (SSSR count). The molecule has 0 saturated carbocycles. The van der Waals surface area contributed by atoms with Gasteiger partial charge < -0.3 is 9.84 Å². The maximum absolute atomic E-state index is 11.1. The lowest BCUT2D eigenvalue weighted by Crippen LogP contribution is -2.22. The summed E-state index contributed by atoms with van der Waals surface area (Å²) < 4.78 is 5.48. The van der Waals surface area contributed by atoms with Crippen LogP contribution in [0.2, 0.25) is 0 Å². The molecule has 1 atom stereocenters. The average molecular weight is 627 g/mol. The van der Waals surface area contributed by atoms with Gasteiger partial charge in [0.25, 0.3) is 0 Å². The van der Waals surface area contributed by atoms with Crippen molar-refractivity contribution in [3.05, 3.63) is 150 Å². The van der Waals surface area contributed by atoms with Gasteiger partial charge in [-0.25, -0.2) is 4.79 Å². The quantitative estimate of drug-likeness (QED) is 0.140. The van der Waals surface area contributed by atoms with E-state index in [1.54, 1.807) is 11.8 Å². The van der Waals surface area contributed by atoms with Gasteiger partial charge in [-0.2, -0.15) is 0 Å². The summed E-state index contributed by atoms with van der Waals surface area (Å²) in [7, 11) is 0. The zero-order valence-electron chi connectivity index (χ0n) is 27.2. The standard InChI is InChI=1S/C42H42O3S/c1-28(2)31-6-10-33(11-7-31)35-14-18-37(19-15-35)41(26-27-46-40-24-22-39(23-25-40)45-30(5)42(43)44)38-20-16-36(17-21-38)34-12-8-32(9-13-34)29(3)4/h6-26,28-30H,27H2,1-5H3,(H,43,44). The van der Waals surface area contributed by atoms with E-state index in [0.29, 0.717) is 17.6 Å². The molecular weight excluding hydrogens is 585 g/mol. The van der Waals surface area contributed by atoms with E-state index in [1.165, 1.54) is 57.0 Å². The molecule has 0 amide bonds. The maximum atomic E-state index is 11.1. The van der Waals surface area contributed by atoms with Crippen molar-refractivity contribution in [2.45, 2.75) is 57.5 Å². The summed E-state index contributed by atoms with van der Waals surface area (Å²) >= 11 is 1.73. The van der Waals surface area contributed by atoms with Gasteiger partial charge >= 0.3 is 5.97 Å². The van der Waals surface area contributed by atoms with E-state index >= 15 is 0 Å². The summed E-state index contributed by atoms with van der Waals surface area (Å²) in [5.41, 5.74) is 11.1. The summed E-state index contributed by atoms with van der Waals surface area (Å²) in [6.07, 6.45) is 1.40. The highest BCUT2D eigenvalue weighted by atomic mass is 32.2. The Morgan fingerprint density at radius 2 is 1.00 bits per heavy atom. The molecule has 0 aromatic heterocycles. The van der Waals surface area contributed by atoms with Gasteiger partial charge in [-0.3, -0.25) is 0 Å². The number of carboxylic acid groups (broad SMARTS) is 1. The normalized spacial score (nSPS) is 11.8. The number of hydrogen-bond acceptors (Lipinski definition) is 3. The highest BCUT2D eigenvalue weighted by Crippen LogP contribution is 2.31. The van der Waals surface area contributed by atoms with Gasteiger partial charge in [-0.1, -0.05) is 131 Å². The smallest absolute Gasteiger partial charge is 0.344 e. The SMILES string of the molecule is CC(Oc1ccc(SCC=C(c2ccc(-c3ccc(C(C)C)cc3)cc2)c2ccc(-c3ccc(C(C)C)cc3)cc2)cc1)C(=O)O. The van der Waals surface area contributed by atoms with Crippen LogP contribution in [0.1, 0.15) is 68.7 Å². The molecule has 46 heavy (non-hydrogen) atoms. The maximum Gasteiger partial charge on any atom is 0.344 e. The summed E-state index contributed by atoms with van der Waals surface area (Å²) in [4.78, 5) is 12.2. The molecular formula is C42H42O3S. The Bertz CT molecular complexity index is 1650. The molecule has 0 bridgehead atoms. The first kappa shape index (κ1) is 32.8.